The van der Waals surface area contributed by atoms with Crippen LogP contribution in [-0.2, 0) is 0 Å². The first kappa shape index (κ1) is 13.8. The van der Waals surface area contributed by atoms with Gasteiger partial charge in [-0.3, -0.25) is 4.98 Å². The number of aromatic nitrogens is 1. The molecule has 0 aliphatic heterocycles. The van der Waals surface area contributed by atoms with Crippen LogP contribution >= 0.6 is 15.9 Å². The zero-order valence-electron chi connectivity index (χ0n) is 10.5. The largest absolute Gasteiger partial charge is 0.492 e. The van der Waals surface area contributed by atoms with Crippen molar-refractivity contribution in [2.45, 2.75) is 13.0 Å². The summed E-state index contributed by atoms with van der Waals surface area (Å²) >= 11 is 3.37. The van der Waals surface area contributed by atoms with Gasteiger partial charge in [0, 0.05) is 27.5 Å². The SMILES string of the molecule is CCOc1cncc(C(O)c2cc(Br)ccc2N)c1. The number of halogens is 1. The maximum Gasteiger partial charge on any atom is 0.137 e. The van der Waals surface area contributed by atoms with E-state index in [-0.39, 0.29) is 0 Å². The first-order chi connectivity index (χ1) is 9.11. The van der Waals surface area contributed by atoms with E-state index in [1.165, 1.54) is 0 Å². The van der Waals surface area contributed by atoms with Crippen molar-refractivity contribution >= 4 is 21.6 Å². The van der Waals surface area contributed by atoms with Crippen molar-refractivity contribution in [3.8, 4) is 5.75 Å². The van der Waals surface area contributed by atoms with Crippen LogP contribution in [0.25, 0.3) is 0 Å². The van der Waals surface area contributed by atoms with Gasteiger partial charge in [0.25, 0.3) is 0 Å². The van der Waals surface area contributed by atoms with Gasteiger partial charge in [-0.05, 0) is 31.2 Å². The highest BCUT2D eigenvalue weighted by atomic mass is 79.9. The number of aliphatic hydroxyl groups excluding tert-OH is 1. The molecule has 0 aliphatic rings. The third kappa shape index (κ3) is 3.24. The zero-order chi connectivity index (χ0) is 13.8. The van der Waals surface area contributed by atoms with Gasteiger partial charge in [-0.1, -0.05) is 15.9 Å². The quantitative estimate of drug-likeness (QED) is 0.849. The van der Waals surface area contributed by atoms with E-state index >= 15 is 0 Å². The fourth-order valence-electron chi connectivity index (χ4n) is 1.79. The number of hydrogen-bond acceptors (Lipinski definition) is 4. The molecule has 2 aromatic rings. The summed E-state index contributed by atoms with van der Waals surface area (Å²) in [6, 6.07) is 7.15. The predicted molar refractivity (Wildman–Crippen MR) is 78.0 cm³/mol. The standard InChI is InChI=1S/C14H15BrN2O2/c1-2-19-11-5-9(7-17-8-11)14(18)12-6-10(15)3-4-13(12)16/h3-8,14,18H,2,16H2,1H3. The van der Waals surface area contributed by atoms with Gasteiger partial charge in [0.2, 0.25) is 0 Å². The van der Waals surface area contributed by atoms with Crippen LogP contribution in [0.1, 0.15) is 24.2 Å². The van der Waals surface area contributed by atoms with Crippen LogP contribution < -0.4 is 10.5 Å². The van der Waals surface area contributed by atoms with E-state index in [4.69, 9.17) is 10.5 Å². The lowest BCUT2D eigenvalue weighted by atomic mass is 10.0. The summed E-state index contributed by atoms with van der Waals surface area (Å²) in [6.45, 7) is 2.45. The van der Waals surface area contributed by atoms with Crippen molar-refractivity contribution in [1.29, 1.82) is 0 Å². The van der Waals surface area contributed by atoms with Gasteiger partial charge in [0.15, 0.2) is 0 Å². The Balaban J connectivity index is 2.35. The van der Waals surface area contributed by atoms with Crippen LogP contribution in [0.5, 0.6) is 5.75 Å². The minimum atomic E-state index is -0.828. The van der Waals surface area contributed by atoms with Crippen molar-refractivity contribution in [2.75, 3.05) is 12.3 Å². The maximum absolute atomic E-state index is 10.4. The van der Waals surface area contributed by atoms with E-state index in [9.17, 15) is 5.11 Å². The van der Waals surface area contributed by atoms with Gasteiger partial charge >= 0.3 is 0 Å². The molecule has 0 saturated heterocycles. The molecular formula is C14H15BrN2O2. The Kier molecular flexibility index (Phi) is 4.39. The van der Waals surface area contributed by atoms with E-state index in [1.807, 2.05) is 13.0 Å². The summed E-state index contributed by atoms with van der Waals surface area (Å²) < 4.78 is 6.24. The Bertz CT molecular complexity index is 575. The summed E-state index contributed by atoms with van der Waals surface area (Å²) in [5.74, 6) is 0.632. The Morgan fingerprint density at radius 2 is 2.16 bits per heavy atom. The number of ether oxygens (including phenoxy) is 1. The average Bonchev–Trinajstić information content (AvgIpc) is 2.41. The zero-order valence-corrected chi connectivity index (χ0v) is 12.1. The summed E-state index contributed by atoms with van der Waals surface area (Å²) in [4.78, 5) is 4.06. The molecule has 1 aromatic carbocycles. The van der Waals surface area contributed by atoms with Crippen molar-refractivity contribution in [3.63, 3.8) is 0 Å². The van der Waals surface area contributed by atoms with E-state index in [2.05, 4.69) is 20.9 Å². The molecule has 0 bridgehead atoms. The Hall–Kier alpha value is -1.59. The highest BCUT2D eigenvalue weighted by Crippen LogP contribution is 2.30. The fourth-order valence-corrected chi connectivity index (χ4v) is 2.17. The van der Waals surface area contributed by atoms with E-state index in [0.717, 1.165) is 4.47 Å². The molecule has 4 nitrogen and oxygen atoms in total. The average molecular weight is 323 g/mol. The Morgan fingerprint density at radius 1 is 1.37 bits per heavy atom. The molecule has 19 heavy (non-hydrogen) atoms. The number of benzene rings is 1. The van der Waals surface area contributed by atoms with Gasteiger partial charge < -0.3 is 15.6 Å². The summed E-state index contributed by atoms with van der Waals surface area (Å²) in [7, 11) is 0. The highest BCUT2D eigenvalue weighted by Gasteiger charge is 2.15. The molecule has 0 spiro atoms. The number of nitrogens with zero attached hydrogens (tertiary/aromatic N) is 1. The molecule has 2 rings (SSSR count). The topological polar surface area (TPSA) is 68.4 Å². The molecule has 1 heterocycles. The van der Waals surface area contributed by atoms with Gasteiger partial charge in [-0.25, -0.2) is 0 Å². The summed E-state index contributed by atoms with van der Waals surface area (Å²) in [6.07, 6.45) is 2.39. The lowest BCUT2D eigenvalue weighted by molar-refractivity contribution is 0.219. The van der Waals surface area contributed by atoms with E-state index in [0.29, 0.717) is 29.2 Å². The third-order valence-corrected chi connectivity index (χ3v) is 3.20. The van der Waals surface area contributed by atoms with Crippen LogP contribution in [0.3, 0.4) is 0 Å². The minimum Gasteiger partial charge on any atom is -0.492 e. The molecular weight excluding hydrogens is 308 g/mol. The third-order valence-electron chi connectivity index (χ3n) is 2.70. The second-order valence-electron chi connectivity index (χ2n) is 4.06. The van der Waals surface area contributed by atoms with Crippen molar-refractivity contribution < 1.29 is 9.84 Å². The molecule has 100 valence electrons. The molecule has 0 amide bonds. The lowest BCUT2D eigenvalue weighted by Gasteiger charge is -2.15. The number of hydrogen-bond donors (Lipinski definition) is 2. The van der Waals surface area contributed by atoms with E-state index in [1.54, 1.807) is 30.6 Å². The number of aliphatic hydroxyl groups is 1. The number of anilines is 1. The van der Waals surface area contributed by atoms with Crippen molar-refractivity contribution in [2.24, 2.45) is 0 Å². The molecule has 1 aromatic heterocycles. The number of nitrogens with two attached hydrogens (primary N) is 1. The second-order valence-corrected chi connectivity index (χ2v) is 4.98. The van der Waals surface area contributed by atoms with Crippen LogP contribution in [0.15, 0.2) is 41.1 Å². The predicted octanol–water partition coefficient (Wildman–Crippen LogP) is 2.91. The second kappa shape index (κ2) is 6.04. The molecule has 0 saturated carbocycles. The summed E-state index contributed by atoms with van der Waals surface area (Å²) in [5, 5.41) is 10.4. The van der Waals surface area contributed by atoms with Gasteiger partial charge in [0.1, 0.15) is 11.9 Å². The maximum atomic E-state index is 10.4. The van der Waals surface area contributed by atoms with Crippen LogP contribution in [-0.4, -0.2) is 16.7 Å². The smallest absolute Gasteiger partial charge is 0.137 e. The molecule has 3 N–H and O–H groups in total. The minimum absolute atomic E-state index is 0.539. The van der Waals surface area contributed by atoms with Gasteiger partial charge in [0.05, 0.1) is 12.8 Å². The van der Waals surface area contributed by atoms with Crippen LogP contribution in [0.2, 0.25) is 0 Å². The van der Waals surface area contributed by atoms with Gasteiger partial charge in [-0.15, -0.1) is 0 Å². The molecule has 5 heteroatoms. The number of rotatable bonds is 4. The molecule has 0 radical (unpaired) electrons. The highest BCUT2D eigenvalue weighted by molar-refractivity contribution is 9.10. The number of pyridine rings is 1. The Morgan fingerprint density at radius 3 is 2.89 bits per heavy atom. The van der Waals surface area contributed by atoms with E-state index < -0.39 is 6.10 Å². The van der Waals surface area contributed by atoms with Gasteiger partial charge in [-0.2, -0.15) is 0 Å². The normalized spacial score (nSPS) is 12.2. The molecule has 0 fully saturated rings. The van der Waals surface area contributed by atoms with Crippen LogP contribution in [0.4, 0.5) is 5.69 Å². The molecule has 1 unspecified atom stereocenters. The van der Waals surface area contributed by atoms with Crippen molar-refractivity contribution in [3.05, 3.63) is 52.3 Å². The monoisotopic (exact) mass is 322 g/mol. The first-order valence-electron chi connectivity index (χ1n) is 5.92. The van der Waals surface area contributed by atoms with Crippen molar-refractivity contribution in [1.82, 2.24) is 4.98 Å². The van der Waals surface area contributed by atoms with Crippen LogP contribution in [0, 0.1) is 0 Å². The Labute approximate surface area is 120 Å². The molecule has 1 atom stereocenters. The number of nitrogen functional groups attached to an aromatic ring is 1. The fraction of sp³-hybridized carbons (Fsp3) is 0.214. The summed E-state index contributed by atoms with van der Waals surface area (Å²) in [5.41, 5.74) is 7.72. The first-order valence-corrected chi connectivity index (χ1v) is 6.72. The molecule has 0 aliphatic carbocycles. The lowest BCUT2D eigenvalue weighted by Crippen LogP contribution is -2.05.